The van der Waals surface area contributed by atoms with Crippen LogP contribution in [-0.4, -0.2) is 17.3 Å². The van der Waals surface area contributed by atoms with Crippen LogP contribution in [0.1, 0.15) is 38.0 Å². The van der Waals surface area contributed by atoms with E-state index >= 15 is 0 Å². The van der Waals surface area contributed by atoms with E-state index in [0.29, 0.717) is 0 Å². The first-order valence-electron chi connectivity index (χ1n) is 5.25. The largest absolute Gasteiger partial charge is 0.468 e. The second kappa shape index (κ2) is 4.15. The predicted molar refractivity (Wildman–Crippen MR) is 53.9 cm³/mol. The Hall–Kier alpha value is -0.800. The van der Waals surface area contributed by atoms with Gasteiger partial charge in [0.05, 0.1) is 18.4 Å². The van der Waals surface area contributed by atoms with E-state index in [9.17, 15) is 5.11 Å². The topological polar surface area (TPSA) is 45.4 Å². The lowest BCUT2D eigenvalue weighted by Gasteiger charge is -2.20. The Morgan fingerprint density at radius 2 is 2.43 bits per heavy atom. The monoisotopic (exact) mass is 195 g/mol. The Bertz CT molecular complexity index is 271. The fourth-order valence-electron chi connectivity index (χ4n) is 2.08. The van der Waals surface area contributed by atoms with Gasteiger partial charge in [0.15, 0.2) is 0 Å². The molecule has 1 aliphatic carbocycles. The first-order valence-corrected chi connectivity index (χ1v) is 5.25. The van der Waals surface area contributed by atoms with Crippen molar-refractivity contribution in [1.82, 2.24) is 5.32 Å². The highest BCUT2D eigenvalue weighted by atomic mass is 16.3. The Labute approximate surface area is 84.1 Å². The van der Waals surface area contributed by atoms with E-state index in [-0.39, 0.29) is 18.2 Å². The van der Waals surface area contributed by atoms with Crippen LogP contribution in [0.15, 0.2) is 22.8 Å². The molecule has 0 radical (unpaired) electrons. The summed E-state index contributed by atoms with van der Waals surface area (Å²) >= 11 is 0. The molecule has 1 fully saturated rings. The summed E-state index contributed by atoms with van der Waals surface area (Å²) in [4.78, 5) is 0. The maximum atomic E-state index is 9.64. The molecule has 0 amide bonds. The number of nitrogens with one attached hydrogen (secondary N) is 1. The number of aliphatic hydroxyl groups is 1. The van der Waals surface area contributed by atoms with Crippen LogP contribution >= 0.6 is 0 Å². The van der Waals surface area contributed by atoms with Crippen LogP contribution < -0.4 is 5.32 Å². The minimum absolute atomic E-state index is 0.183. The van der Waals surface area contributed by atoms with Crippen molar-refractivity contribution in [3.8, 4) is 0 Å². The Kier molecular flexibility index (Phi) is 2.89. The summed E-state index contributed by atoms with van der Waals surface area (Å²) in [6, 6.07) is 4.26. The third-order valence-corrected chi connectivity index (χ3v) is 2.91. The molecule has 1 saturated carbocycles. The first kappa shape index (κ1) is 9.74. The summed E-state index contributed by atoms with van der Waals surface area (Å²) in [6.07, 6.45) is 4.59. The van der Waals surface area contributed by atoms with E-state index in [1.165, 1.54) is 0 Å². The lowest BCUT2D eigenvalue weighted by atomic mass is 10.1. The normalized spacial score (nSPS) is 29.3. The fourth-order valence-corrected chi connectivity index (χ4v) is 2.08. The van der Waals surface area contributed by atoms with Crippen molar-refractivity contribution < 1.29 is 9.52 Å². The van der Waals surface area contributed by atoms with Crippen molar-refractivity contribution >= 4 is 0 Å². The third kappa shape index (κ3) is 1.99. The number of hydrogen-bond acceptors (Lipinski definition) is 3. The Balaban J connectivity index is 1.91. The van der Waals surface area contributed by atoms with Gasteiger partial charge in [0.25, 0.3) is 0 Å². The van der Waals surface area contributed by atoms with Crippen molar-refractivity contribution in [3.05, 3.63) is 24.2 Å². The van der Waals surface area contributed by atoms with Crippen LogP contribution in [0.4, 0.5) is 0 Å². The lowest BCUT2D eigenvalue weighted by Crippen LogP contribution is -2.37. The van der Waals surface area contributed by atoms with Gasteiger partial charge in [-0.1, -0.05) is 0 Å². The maximum absolute atomic E-state index is 9.64. The molecule has 14 heavy (non-hydrogen) atoms. The van der Waals surface area contributed by atoms with Gasteiger partial charge in [-0.3, -0.25) is 0 Å². The van der Waals surface area contributed by atoms with Crippen molar-refractivity contribution in [1.29, 1.82) is 0 Å². The molecule has 0 spiro atoms. The SMILES string of the molecule is CC(N[C@H]1CCC[C@@H]1O)c1ccco1. The highest BCUT2D eigenvalue weighted by molar-refractivity contribution is 5.04. The van der Waals surface area contributed by atoms with Gasteiger partial charge in [-0.05, 0) is 38.3 Å². The average Bonchev–Trinajstić information content (AvgIpc) is 2.77. The second-order valence-corrected chi connectivity index (χ2v) is 4.01. The molecule has 1 unspecified atom stereocenters. The minimum Gasteiger partial charge on any atom is -0.468 e. The molecule has 1 aromatic heterocycles. The van der Waals surface area contributed by atoms with Gasteiger partial charge >= 0.3 is 0 Å². The maximum Gasteiger partial charge on any atom is 0.120 e. The molecule has 1 heterocycles. The zero-order valence-electron chi connectivity index (χ0n) is 8.44. The summed E-state index contributed by atoms with van der Waals surface area (Å²) in [5, 5.41) is 13.0. The standard InChI is InChI=1S/C11H17NO2/c1-8(11-6-3-7-14-11)12-9-4-2-5-10(9)13/h3,6-10,12-13H,2,4-5H2,1H3/t8?,9-,10-/m0/s1. The van der Waals surface area contributed by atoms with Crippen LogP contribution in [-0.2, 0) is 0 Å². The molecule has 0 aromatic carbocycles. The van der Waals surface area contributed by atoms with Crippen LogP contribution in [0, 0.1) is 0 Å². The molecule has 78 valence electrons. The predicted octanol–water partition coefficient (Wildman–Crippen LogP) is 1.84. The van der Waals surface area contributed by atoms with Crippen molar-refractivity contribution in [2.24, 2.45) is 0 Å². The molecule has 2 N–H and O–H groups in total. The van der Waals surface area contributed by atoms with Gasteiger partial charge in [-0.25, -0.2) is 0 Å². The van der Waals surface area contributed by atoms with E-state index in [2.05, 4.69) is 12.2 Å². The van der Waals surface area contributed by atoms with E-state index in [1.54, 1.807) is 6.26 Å². The van der Waals surface area contributed by atoms with Crippen molar-refractivity contribution in [2.75, 3.05) is 0 Å². The van der Waals surface area contributed by atoms with Gasteiger partial charge in [0.1, 0.15) is 5.76 Å². The highest BCUT2D eigenvalue weighted by Crippen LogP contribution is 2.22. The van der Waals surface area contributed by atoms with Gasteiger partial charge in [-0.2, -0.15) is 0 Å². The van der Waals surface area contributed by atoms with E-state index in [1.807, 2.05) is 12.1 Å². The summed E-state index contributed by atoms with van der Waals surface area (Å²) < 4.78 is 5.30. The molecular formula is C11H17NO2. The zero-order chi connectivity index (χ0) is 9.97. The van der Waals surface area contributed by atoms with Crippen LogP contribution in [0.25, 0.3) is 0 Å². The fraction of sp³-hybridized carbons (Fsp3) is 0.636. The molecule has 0 bridgehead atoms. The van der Waals surface area contributed by atoms with Crippen molar-refractivity contribution in [3.63, 3.8) is 0 Å². The molecular weight excluding hydrogens is 178 g/mol. The zero-order valence-corrected chi connectivity index (χ0v) is 8.44. The summed E-state index contributed by atoms with van der Waals surface area (Å²) in [5.74, 6) is 0.934. The van der Waals surface area contributed by atoms with E-state index in [4.69, 9.17) is 4.42 Å². The minimum atomic E-state index is -0.188. The lowest BCUT2D eigenvalue weighted by molar-refractivity contribution is 0.142. The first-order chi connectivity index (χ1) is 6.77. The summed E-state index contributed by atoms with van der Waals surface area (Å²) in [6.45, 7) is 2.06. The van der Waals surface area contributed by atoms with Gasteiger partial charge in [0.2, 0.25) is 0 Å². The van der Waals surface area contributed by atoms with Gasteiger partial charge in [0, 0.05) is 6.04 Å². The van der Waals surface area contributed by atoms with Gasteiger partial charge < -0.3 is 14.8 Å². The number of hydrogen-bond donors (Lipinski definition) is 2. The van der Waals surface area contributed by atoms with Crippen molar-refractivity contribution in [2.45, 2.75) is 44.4 Å². The van der Waals surface area contributed by atoms with E-state index in [0.717, 1.165) is 25.0 Å². The molecule has 3 heteroatoms. The molecule has 0 saturated heterocycles. The van der Waals surface area contributed by atoms with Crippen LogP contribution in [0.3, 0.4) is 0 Å². The Morgan fingerprint density at radius 1 is 1.57 bits per heavy atom. The number of aliphatic hydroxyl groups excluding tert-OH is 1. The molecule has 3 nitrogen and oxygen atoms in total. The van der Waals surface area contributed by atoms with E-state index < -0.39 is 0 Å². The molecule has 1 aliphatic rings. The van der Waals surface area contributed by atoms with Gasteiger partial charge in [-0.15, -0.1) is 0 Å². The summed E-state index contributed by atoms with van der Waals surface area (Å²) in [7, 11) is 0. The molecule has 3 atom stereocenters. The molecule has 1 aromatic rings. The molecule has 2 rings (SSSR count). The number of rotatable bonds is 3. The quantitative estimate of drug-likeness (QED) is 0.773. The van der Waals surface area contributed by atoms with Crippen LogP contribution in [0.2, 0.25) is 0 Å². The smallest absolute Gasteiger partial charge is 0.120 e. The number of furan rings is 1. The highest BCUT2D eigenvalue weighted by Gasteiger charge is 2.26. The Morgan fingerprint density at radius 3 is 3.00 bits per heavy atom. The van der Waals surface area contributed by atoms with Crippen LogP contribution in [0.5, 0.6) is 0 Å². The summed E-state index contributed by atoms with van der Waals surface area (Å²) in [5.41, 5.74) is 0. The third-order valence-electron chi connectivity index (χ3n) is 2.91. The average molecular weight is 195 g/mol. The molecule has 0 aliphatic heterocycles. The second-order valence-electron chi connectivity index (χ2n) is 4.01.